The van der Waals surface area contributed by atoms with E-state index in [0.29, 0.717) is 29.5 Å². The predicted octanol–water partition coefficient (Wildman–Crippen LogP) is 5.93. The van der Waals surface area contributed by atoms with Gasteiger partial charge >= 0.3 is 0 Å². The Kier molecular flexibility index (Phi) is 6.93. The van der Waals surface area contributed by atoms with Crippen molar-refractivity contribution in [1.29, 1.82) is 0 Å². The monoisotopic (exact) mass is 348 g/mol. The third-order valence-corrected chi connectivity index (χ3v) is 7.02. The summed E-state index contributed by atoms with van der Waals surface area (Å²) >= 11 is 0. The molecule has 2 rings (SSSR count). The maximum Gasteiger partial charge on any atom is 0.136 e. The summed E-state index contributed by atoms with van der Waals surface area (Å²) < 4.78 is 0. The topological polar surface area (TPSA) is 37.3 Å². The highest BCUT2D eigenvalue weighted by atomic mass is 16.3. The Labute approximate surface area is 155 Å². The lowest BCUT2D eigenvalue weighted by Crippen LogP contribution is -2.42. The zero-order valence-corrected chi connectivity index (χ0v) is 17.2. The summed E-state index contributed by atoms with van der Waals surface area (Å²) in [6, 6.07) is 0. The second-order valence-electron chi connectivity index (χ2n) is 9.78. The Morgan fingerprint density at radius 1 is 1.32 bits per heavy atom. The second kappa shape index (κ2) is 8.37. The summed E-state index contributed by atoms with van der Waals surface area (Å²) in [5.74, 6) is 2.70. The summed E-state index contributed by atoms with van der Waals surface area (Å²) in [6.07, 6.45) is 14.1. The van der Waals surface area contributed by atoms with Crippen molar-refractivity contribution in [2.45, 2.75) is 98.0 Å². The van der Waals surface area contributed by atoms with Crippen molar-refractivity contribution in [1.82, 2.24) is 0 Å². The van der Waals surface area contributed by atoms with Crippen LogP contribution in [0.15, 0.2) is 12.2 Å². The zero-order valence-electron chi connectivity index (χ0n) is 17.2. The maximum atomic E-state index is 12.8. The fourth-order valence-corrected chi connectivity index (χ4v) is 5.82. The fraction of sp³-hybridized carbons (Fsp3) is 0.870. The van der Waals surface area contributed by atoms with Gasteiger partial charge in [-0.1, -0.05) is 45.8 Å². The predicted molar refractivity (Wildman–Crippen MR) is 105 cm³/mol. The van der Waals surface area contributed by atoms with Crippen molar-refractivity contribution >= 4 is 5.78 Å². The molecular formula is C23H40O2. The molecule has 2 heteroatoms. The Balaban J connectivity index is 2.00. The molecule has 2 aliphatic carbocycles. The minimum Gasteiger partial charge on any atom is -0.390 e. The first-order valence-electron chi connectivity index (χ1n) is 10.6. The van der Waals surface area contributed by atoms with E-state index in [9.17, 15) is 9.90 Å². The Morgan fingerprint density at radius 2 is 2.04 bits per heavy atom. The van der Waals surface area contributed by atoms with Crippen LogP contribution in [-0.2, 0) is 4.79 Å². The van der Waals surface area contributed by atoms with Gasteiger partial charge in [-0.25, -0.2) is 0 Å². The lowest BCUT2D eigenvalue weighted by molar-refractivity contribution is -0.132. The van der Waals surface area contributed by atoms with Crippen LogP contribution in [-0.4, -0.2) is 16.5 Å². The van der Waals surface area contributed by atoms with Crippen molar-refractivity contribution in [2.24, 2.45) is 29.1 Å². The average Bonchev–Trinajstić information content (AvgIpc) is 2.83. The molecule has 1 N–H and O–H groups in total. The van der Waals surface area contributed by atoms with Crippen LogP contribution in [0, 0.1) is 29.1 Å². The van der Waals surface area contributed by atoms with E-state index in [4.69, 9.17) is 0 Å². The van der Waals surface area contributed by atoms with Crippen molar-refractivity contribution in [3.63, 3.8) is 0 Å². The van der Waals surface area contributed by atoms with Crippen LogP contribution in [0.5, 0.6) is 0 Å². The van der Waals surface area contributed by atoms with Crippen LogP contribution >= 0.6 is 0 Å². The van der Waals surface area contributed by atoms with Gasteiger partial charge in [-0.05, 0) is 75.5 Å². The molecule has 0 aromatic heterocycles. The molecule has 0 saturated heterocycles. The van der Waals surface area contributed by atoms with E-state index in [1.807, 2.05) is 13.8 Å². The van der Waals surface area contributed by atoms with Crippen molar-refractivity contribution in [2.75, 3.05) is 0 Å². The van der Waals surface area contributed by atoms with Gasteiger partial charge in [-0.3, -0.25) is 4.79 Å². The van der Waals surface area contributed by atoms with Gasteiger partial charge in [0.1, 0.15) is 5.78 Å². The molecule has 0 amide bonds. The molecule has 0 unspecified atom stereocenters. The maximum absolute atomic E-state index is 12.8. The minimum atomic E-state index is -0.556. The molecule has 0 aromatic carbocycles. The normalized spacial score (nSPS) is 34.5. The van der Waals surface area contributed by atoms with E-state index in [2.05, 4.69) is 32.9 Å². The summed E-state index contributed by atoms with van der Waals surface area (Å²) in [6.45, 7) is 10.8. The summed E-state index contributed by atoms with van der Waals surface area (Å²) in [7, 11) is 0. The number of hydrogen-bond acceptors (Lipinski definition) is 2. The molecule has 0 aliphatic heterocycles. The standard InChI is InChI=1S/C23H40O2/c1-6-7-8-11-18-15-21(24)20-13-12-19(23(20,5)16-18)17(2)10-9-14-22(3,4)25/h7-8,17-20,25H,6,9-16H2,1-5H3/b8-7+/t17-,18+,19-,20+,23-/m1/s1. The Morgan fingerprint density at radius 3 is 2.68 bits per heavy atom. The lowest BCUT2D eigenvalue weighted by Gasteiger charge is -2.45. The zero-order chi connectivity index (χ0) is 18.7. The Bertz CT molecular complexity index is 473. The van der Waals surface area contributed by atoms with Gasteiger partial charge in [-0.2, -0.15) is 0 Å². The number of rotatable bonds is 8. The summed E-state index contributed by atoms with van der Waals surface area (Å²) in [5.41, 5.74) is -0.354. The van der Waals surface area contributed by atoms with Gasteiger partial charge < -0.3 is 5.11 Å². The number of carbonyl (C=O) groups is 1. The summed E-state index contributed by atoms with van der Waals surface area (Å²) in [5, 5.41) is 9.96. The largest absolute Gasteiger partial charge is 0.390 e. The number of fused-ring (bicyclic) bond motifs is 1. The highest BCUT2D eigenvalue weighted by molar-refractivity contribution is 5.83. The van der Waals surface area contributed by atoms with Crippen LogP contribution in [0.25, 0.3) is 0 Å². The first-order valence-corrected chi connectivity index (χ1v) is 10.6. The van der Waals surface area contributed by atoms with Gasteiger partial charge in [0.05, 0.1) is 5.60 Å². The molecule has 144 valence electrons. The molecular weight excluding hydrogens is 308 g/mol. The number of hydrogen-bond donors (Lipinski definition) is 1. The van der Waals surface area contributed by atoms with Gasteiger partial charge in [-0.15, -0.1) is 0 Å². The van der Waals surface area contributed by atoms with Crippen molar-refractivity contribution in [3.05, 3.63) is 12.2 Å². The molecule has 2 saturated carbocycles. The smallest absolute Gasteiger partial charge is 0.136 e. The molecule has 0 radical (unpaired) electrons. The van der Waals surface area contributed by atoms with E-state index in [1.54, 1.807) is 0 Å². The van der Waals surface area contributed by atoms with Crippen LogP contribution in [0.4, 0.5) is 0 Å². The molecule has 0 spiro atoms. The van der Waals surface area contributed by atoms with Gasteiger partial charge in [0.2, 0.25) is 0 Å². The van der Waals surface area contributed by atoms with Crippen molar-refractivity contribution in [3.8, 4) is 0 Å². The first kappa shape index (κ1) is 20.7. The van der Waals surface area contributed by atoms with E-state index in [-0.39, 0.29) is 5.41 Å². The highest BCUT2D eigenvalue weighted by Crippen LogP contribution is 2.58. The Hall–Kier alpha value is -0.630. The molecule has 2 nitrogen and oxygen atoms in total. The third kappa shape index (κ3) is 5.18. The molecule has 0 aromatic rings. The van der Waals surface area contributed by atoms with Gasteiger partial charge in [0, 0.05) is 12.3 Å². The van der Waals surface area contributed by atoms with E-state index < -0.39 is 5.60 Å². The first-order chi connectivity index (χ1) is 11.7. The quantitative estimate of drug-likeness (QED) is 0.552. The van der Waals surface area contributed by atoms with Gasteiger partial charge in [0.25, 0.3) is 0 Å². The van der Waals surface area contributed by atoms with Crippen molar-refractivity contribution < 1.29 is 9.90 Å². The lowest BCUT2D eigenvalue weighted by atomic mass is 9.59. The SMILES string of the molecule is CC/C=C/C[C@H]1CC(=O)[C@@H]2CC[C@H]([C@H](C)CCCC(C)(C)O)[C@@]2(C)C1. The molecule has 0 bridgehead atoms. The number of allylic oxidation sites excluding steroid dienone is 2. The molecule has 25 heavy (non-hydrogen) atoms. The average molecular weight is 349 g/mol. The third-order valence-electron chi connectivity index (χ3n) is 7.02. The van der Waals surface area contributed by atoms with E-state index in [0.717, 1.165) is 38.5 Å². The van der Waals surface area contributed by atoms with Crippen LogP contribution in [0.3, 0.4) is 0 Å². The van der Waals surface area contributed by atoms with Crippen LogP contribution < -0.4 is 0 Å². The number of Topliss-reactive ketones (excluding diaryl/α,β-unsaturated/α-hetero) is 1. The number of carbonyl (C=O) groups excluding carboxylic acids is 1. The highest BCUT2D eigenvalue weighted by Gasteiger charge is 2.54. The van der Waals surface area contributed by atoms with Crippen LogP contribution in [0.2, 0.25) is 0 Å². The number of aliphatic hydroxyl groups is 1. The fourth-order valence-electron chi connectivity index (χ4n) is 5.82. The molecule has 0 heterocycles. The van der Waals surface area contributed by atoms with Gasteiger partial charge in [0.15, 0.2) is 0 Å². The summed E-state index contributed by atoms with van der Waals surface area (Å²) in [4.78, 5) is 12.8. The minimum absolute atomic E-state index is 0.203. The van der Waals surface area contributed by atoms with E-state index >= 15 is 0 Å². The second-order valence-corrected chi connectivity index (χ2v) is 9.78. The van der Waals surface area contributed by atoms with Crippen LogP contribution in [0.1, 0.15) is 92.4 Å². The molecule has 5 atom stereocenters. The molecule has 2 fully saturated rings. The van der Waals surface area contributed by atoms with E-state index in [1.165, 1.54) is 19.3 Å². The molecule has 2 aliphatic rings. The number of ketones is 1.